The van der Waals surface area contributed by atoms with Crippen LogP contribution in [0.15, 0.2) is 24.3 Å². The minimum atomic E-state index is 0.109. The molecule has 0 radical (unpaired) electrons. The van der Waals surface area contributed by atoms with Gasteiger partial charge in [0.15, 0.2) is 0 Å². The maximum Gasteiger partial charge on any atom is 0.122 e. The second kappa shape index (κ2) is 5.05. The molecule has 1 aliphatic heterocycles. The highest BCUT2D eigenvalue weighted by molar-refractivity contribution is 5.38. The molecule has 0 saturated heterocycles. The molecule has 2 nitrogen and oxygen atoms in total. The van der Waals surface area contributed by atoms with Crippen LogP contribution in [0.4, 0.5) is 0 Å². The Balaban J connectivity index is 2.20. The number of hydrogen-bond acceptors (Lipinski definition) is 2. The molecule has 2 atom stereocenters. The average Bonchev–Trinajstić information content (AvgIpc) is 2.35. The van der Waals surface area contributed by atoms with Crippen molar-refractivity contribution in [2.24, 2.45) is 5.73 Å². The number of hydrogen-bond donors (Lipinski definition) is 1. The molecular formula is C14H17NO. The summed E-state index contributed by atoms with van der Waals surface area (Å²) in [5.74, 6) is 7.33. The Morgan fingerprint density at radius 2 is 2.31 bits per heavy atom. The number of rotatable bonds is 2. The van der Waals surface area contributed by atoms with Gasteiger partial charge in [-0.05, 0) is 25.0 Å². The second-order valence-electron chi connectivity index (χ2n) is 4.08. The molecule has 2 unspecified atom stereocenters. The Morgan fingerprint density at radius 3 is 3.12 bits per heavy atom. The summed E-state index contributed by atoms with van der Waals surface area (Å²) in [6.07, 6.45) is 1.75. The van der Waals surface area contributed by atoms with E-state index in [1.54, 1.807) is 0 Å². The van der Waals surface area contributed by atoms with E-state index in [4.69, 9.17) is 10.5 Å². The number of fused-ring (bicyclic) bond motifs is 1. The van der Waals surface area contributed by atoms with Crippen LogP contribution in [0, 0.1) is 11.8 Å². The van der Waals surface area contributed by atoms with Gasteiger partial charge in [-0.25, -0.2) is 0 Å². The fraction of sp³-hybridized carbons (Fsp3) is 0.429. The number of para-hydroxylation sites is 1. The Bertz CT molecular complexity index is 416. The van der Waals surface area contributed by atoms with Crippen LogP contribution in [-0.2, 0) is 0 Å². The maximum atomic E-state index is 6.19. The number of ether oxygens (including phenoxy) is 1. The van der Waals surface area contributed by atoms with E-state index in [2.05, 4.69) is 17.9 Å². The Kier molecular flexibility index (Phi) is 3.48. The Labute approximate surface area is 96.8 Å². The van der Waals surface area contributed by atoms with Gasteiger partial charge in [0.25, 0.3) is 0 Å². The van der Waals surface area contributed by atoms with E-state index >= 15 is 0 Å². The monoisotopic (exact) mass is 215 g/mol. The third-order valence-electron chi connectivity index (χ3n) is 3.04. The quantitative estimate of drug-likeness (QED) is 0.768. The van der Waals surface area contributed by atoms with Crippen molar-refractivity contribution >= 4 is 0 Å². The van der Waals surface area contributed by atoms with Gasteiger partial charge in [-0.2, -0.15) is 0 Å². The molecule has 1 aromatic carbocycles. The highest BCUT2D eigenvalue weighted by Crippen LogP contribution is 2.35. The summed E-state index contributed by atoms with van der Waals surface area (Å²) < 4.78 is 5.62. The standard InChI is InChI=1S/C14H17NO/c1-2-3-7-13(15)11-9-10-16-14-8-5-4-6-12(11)14/h4-6,8,11,13H,7,9-10,15H2,1H3. The van der Waals surface area contributed by atoms with Crippen molar-refractivity contribution < 1.29 is 4.74 Å². The summed E-state index contributed by atoms with van der Waals surface area (Å²) >= 11 is 0. The molecule has 0 aromatic heterocycles. The summed E-state index contributed by atoms with van der Waals surface area (Å²) in [7, 11) is 0. The van der Waals surface area contributed by atoms with Crippen molar-refractivity contribution in [1.82, 2.24) is 0 Å². The molecule has 0 saturated carbocycles. The molecule has 0 amide bonds. The topological polar surface area (TPSA) is 35.2 Å². The van der Waals surface area contributed by atoms with E-state index in [1.807, 2.05) is 25.1 Å². The molecule has 84 valence electrons. The van der Waals surface area contributed by atoms with E-state index in [9.17, 15) is 0 Å². The lowest BCUT2D eigenvalue weighted by atomic mass is 9.86. The minimum absolute atomic E-state index is 0.109. The molecule has 16 heavy (non-hydrogen) atoms. The van der Waals surface area contributed by atoms with Crippen molar-refractivity contribution in [2.75, 3.05) is 6.61 Å². The lowest BCUT2D eigenvalue weighted by Gasteiger charge is -2.29. The lowest BCUT2D eigenvalue weighted by molar-refractivity contribution is 0.255. The first-order valence-electron chi connectivity index (χ1n) is 5.70. The van der Waals surface area contributed by atoms with Gasteiger partial charge in [0.1, 0.15) is 5.75 Å². The van der Waals surface area contributed by atoms with Crippen molar-refractivity contribution in [3.05, 3.63) is 29.8 Å². The second-order valence-corrected chi connectivity index (χ2v) is 4.08. The predicted molar refractivity (Wildman–Crippen MR) is 65.3 cm³/mol. The lowest BCUT2D eigenvalue weighted by Crippen LogP contribution is -2.31. The normalized spacial score (nSPS) is 20.0. The SMILES string of the molecule is CC#CCC(N)C1CCOc2ccccc21. The van der Waals surface area contributed by atoms with Gasteiger partial charge >= 0.3 is 0 Å². The summed E-state index contributed by atoms with van der Waals surface area (Å²) in [6, 6.07) is 8.27. The van der Waals surface area contributed by atoms with Crippen LogP contribution in [-0.4, -0.2) is 12.6 Å². The van der Waals surface area contributed by atoms with Crippen LogP contribution < -0.4 is 10.5 Å². The highest BCUT2D eigenvalue weighted by Gasteiger charge is 2.25. The summed E-state index contributed by atoms with van der Waals surface area (Å²) in [4.78, 5) is 0. The largest absolute Gasteiger partial charge is 0.493 e. The predicted octanol–water partition coefficient (Wildman–Crippen LogP) is 2.29. The molecule has 0 bridgehead atoms. The van der Waals surface area contributed by atoms with Crippen LogP contribution in [0.1, 0.15) is 31.2 Å². The van der Waals surface area contributed by atoms with Crippen LogP contribution in [0.3, 0.4) is 0 Å². The van der Waals surface area contributed by atoms with Crippen LogP contribution in [0.2, 0.25) is 0 Å². The molecule has 0 spiro atoms. The first kappa shape index (κ1) is 11.0. The summed E-state index contributed by atoms with van der Waals surface area (Å²) in [5.41, 5.74) is 7.43. The molecule has 1 aromatic rings. The van der Waals surface area contributed by atoms with Crippen LogP contribution in [0.5, 0.6) is 5.75 Å². The fourth-order valence-corrected chi connectivity index (χ4v) is 2.18. The van der Waals surface area contributed by atoms with Crippen molar-refractivity contribution in [3.8, 4) is 17.6 Å². The zero-order chi connectivity index (χ0) is 11.4. The number of benzene rings is 1. The molecule has 2 N–H and O–H groups in total. The number of nitrogens with two attached hydrogens (primary N) is 1. The zero-order valence-electron chi connectivity index (χ0n) is 9.57. The van der Waals surface area contributed by atoms with Crippen LogP contribution >= 0.6 is 0 Å². The molecule has 1 aliphatic rings. The van der Waals surface area contributed by atoms with Gasteiger partial charge in [-0.1, -0.05) is 18.2 Å². The van der Waals surface area contributed by atoms with Gasteiger partial charge in [-0.15, -0.1) is 11.8 Å². The maximum absolute atomic E-state index is 6.19. The highest BCUT2D eigenvalue weighted by atomic mass is 16.5. The van der Waals surface area contributed by atoms with Gasteiger partial charge in [0.2, 0.25) is 0 Å². The molecule has 1 heterocycles. The minimum Gasteiger partial charge on any atom is -0.493 e. The van der Waals surface area contributed by atoms with Crippen molar-refractivity contribution in [3.63, 3.8) is 0 Å². The first-order chi connectivity index (χ1) is 7.83. The molecule has 0 aliphatic carbocycles. The van der Waals surface area contributed by atoms with E-state index in [-0.39, 0.29) is 6.04 Å². The molecule has 2 heteroatoms. The van der Waals surface area contributed by atoms with Gasteiger partial charge < -0.3 is 10.5 Å². The van der Waals surface area contributed by atoms with Gasteiger partial charge in [0, 0.05) is 18.4 Å². The third kappa shape index (κ3) is 2.20. The van der Waals surface area contributed by atoms with Gasteiger partial charge in [0.05, 0.1) is 6.61 Å². The summed E-state index contributed by atoms with van der Waals surface area (Å²) in [6.45, 7) is 2.61. The smallest absolute Gasteiger partial charge is 0.122 e. The van der Waals surface area contributed by atoms with Crippen LogP contribution in [0.25, 0.3) is 0 Å². The van der Waals surface area contributed by atoms with E-state index in [1.165, 1.54) is 5.56 Å². The Morgan fingerprint density at radius 1 is 1.50 bits per heavy atom. The van der Waals surface area contributed by atoms with Crippen molar-refractivity contribution in [2.45, 2.75) is 31.7 Å². The molecule has 0 fully saturated rings. The van der Waals surface area contributed by atoms with E-state index in [0.29, 0.717) is 5.92 Å². The Hall–Kier alpha value is -1.46. The first-order valence-corrected chi connectivity index (χ1v) is 5.70. The molecule has 2 rings (SSSR count). The van der Waals surface area contributed by atoms with E-state index < -0.39 is 0 Å². The average molecular weight is 215 g/mol. The molecular weight excluding hydrogens is 198 g/mol. The van der Waals surface area contributed by atoms with Gasteiger partial charge in [-0.3, -0.25) is 0 Å². The van der Waals surface area contributed by atoms with Crippen molar-refractivity contribution in [1.29, 1.82) is 0 Å². The third-order valence-corrected chi connectivity index (χ3v) is 3.04. The summed E-state index contributed by atoms with van der Waals surface area (Å²) in [5, 5.41) is 0. The van der Waals surface area contributed by atoms with E-state index in [0.717, 1.165) is 25.2 Å². The fourth-order valence-electron chi connectivity index (χ4n) is 2.18. The zero-order valence-corrected chi connectivity index (χ0v) is 9.57.